The highest BCUT2D eigenvalue weighted by molar-refractivity contribution is 14.0. The van der Waals surface area contributed by atoms with Crippen LogP contribution in [0.1, 0.15) is 23.4 Å². The molecule has 1 aliphatic heterocycles. The van der Waals surface area contributed by atoms with Gasteiger partial charge in [0.15, 0.2) is 12.6 Å². The SMILES string of the molecule is CCNC(=NCc1cccc(OCC(N)=O)c1)NCC(c1cccs1)N1CCOCC1.I. The Balaban J connectivity index is 0.00000363. The molecule has 0 aliphatic carbocycles. The van der Waals surface area contributed by atoms with E-state index in [-0.39, 0.29) is 36.6 Å². The average Bonchev–Trinajstić information content (AvgIpc) is 3.32. The number of guanidine groups is 1. The Morgan fingerprint density at radius 3 is 2.78 bits per heavy atom. The van der Waals surface area contributed by atoms with Gasteiger partial charge in [0, 0.05) is 31.1 Å². The van der Waals surface area contributed by atoms with Gasteiger partial charge >= 0.3 is 0 Å². The number of nitrogens with zero attached hydrogens (tertiary/aromatic N) is 2. The largest absolute Gasteiger partial charge is 0.484 e. The van der Waals surface area contributed by atoms with Crippen molar-refractivity contribution in [2.75, 3.05) is 46.0 Å². The van der Waals surface area contributed by atoms with Gasteiger partial charge < -0.3 is 25.8 Å². The first kappa shape index (κ1) is 26.4. The highest BCUT2D eigenvalue weighted by atomic mass is 127. The van der Waals surface area contributed by atoms with Crippen molar-refractivity contribution in [1.29, 1.82) is 0 Å². The maximum absolute atomic E-state index is 10.9. The number of nitrogens with one attached hydrogen (secondary N) is 2. The number of nitrogens with two attached hydrogens (primary N) is 1. The summed E-state index contributed by atoms with van der Waals surface area (Å²) in [4.78, 5) is 19.4. The van der Waals surface area contributed by atoms with Crippen LogP contribution in [0.25, 0.3) is 0 Å². The number of ether oxygens (including phenoxy) is 2. The molecule has 10 heteroatoms. The van der Waals surface area contributed by atoms with E-state index in [1.165, 1.54) is 4.88 Å². The van der Waals surface area contributed by atoms with Gasteiger partial charge in [-0.05, 0) is 36.1 Å². The lowest BCUT2D eigenvalue weighted by atomic mass is 10.2. The van der Waals surface area contributed by atoms with E-state index in [1.54, 1.807) is 17.4 Å². The third kappa shape index (κ3) is 8.57. The minimum atomic E-state index is -0.498. The van der Waals surface area contributed by atoms with Crippen molar-refractivity contribution in [1.82, 2.24) is 15.5 Å². The van der Waals surface area contributed by atoms with Gasteiger partial charge in [0.1, 0.15) is 5.75 Å². The molecule has 1 amide bonds. The van der Waals surface area contributed by atoms with Gasteiger partial charge in [-0.25, -0.2) is 4.99 Å². The number of thiophene rings is 1. The number of primary amides is 1. The summed E-state index contributed by atoms with van der Waals surface area (Å²) in [6, 6.07) is 12.1. The van der Waals surface area contributed by atoms with E-state index in [0.29, 0.717) is 12.3 Å². The van der Waals surface area contributed by atoms with Gasteiger partial charge in [-0.1, -0.05) is 18.2 Å². The van der Waals surface area contributed by atoms with Crippen LogP contribution in [0.15, 0.2) is 46.8 Å². The maximum Gasteiger partial charge on any atom is 0.255 e. The van der Waals surface area contributed by atoms with E-state index in [0.717, 1.165) is 50.9 Å². The second kappa shape index (κ2) is 14.3. The quantitative estimate of drug-likeness (QED) is 0.229. The molecular formula is C22H32IN5O3S. The van der Waals surface area contributed by atoms with Gasteiger partial charge in [0.2, 0.25) is 0 Å². The van der Waals surface area contributed by atoms with Gasteiger partial charge in [0.05, 0.1) is 25.8 Å². The van der Waals surface area contributed by atoms with Crippen molar-refractivity contribution in [2.24, 2.45) is 10.7 Å². The van der Waals surface area contributed by atoms with Crippen molar-refractivity contribution in [3.8, 4) is 5.75 Å². The lowest BCUT2D eigenvalue weighted by Crippen LogP contribution is -2.46. The molecule has 0 saturated carbocycles. The predicted molar refractivity (Wildman–Crippen MR) is 139 cm³/mol. The molecule has 176 valence electrons. The number of amides is 1. The Morgan fingerprint density at radius 2 is 2.09 bits per heavy atom. The van der Waals surface area contributed by atoms with Crippen LogP contribution in [0.3, 0.4) is 0 Å². The Hall–Kier alpha value is -1.89. The molecule has 3 rings (SSSR count). The number of benzene rings is 1. The number of carbonyl (C=O) groups is 1. The number of halogens is 1. The normalized spacial score (nSPS) is 15.5. The molecule has 1 aromatic heterocycles. The molecule has 0 spiro atoms. The molecule has 1 fully saturated rings. The van der Waals surface area contributed by atoms with Crippen LogP contribution >= 0.6 is 35.3 Å². The number of hydrogen-bond donors (Lipinski definition) is 3. The standard InChI is InChI=1S/C22H31N5O3S.HI/c1-2-24-22(25-14-17-5-3-6-18(13-17)30-16-21(23)28)26-15-19(20-7-4-12-31-20)27-8-10-29-11-9-27;/h3-7,12-13,19H,2,8-11,14-16H2,1H3,(H2,23,28)(H2,24,25,26);1H. The van der Waals surface area contributed by atoms with Gasteiger partial charge in [-0.2, -0.15) is 0 Å². The summed E-state index contributed by atoms with van der Waals surface area (Å²) in [6.07, 6.45) is 0. The number of carbonyl (C=O) groups excluding carboxylic acids is 1. The van der Waals surface area contributed by atoms with Crippen LogP contribution in [0.5, 0.6) is 5.75 Å². The summed E-state index contributed by atoms with van der Waals surface area (Å²) in [5.41, 5.74) is 6.13. The van der Waals surface area contributed by atoms with Crippen molar-refractivity contribution in [3.05, 3.63) is 52.2 Å². The first-order chi connectivity index (χ1) is 15.2. The number of morpholine rings is 1. The van der Waals surface area contributed by atoms with Crippen LogP contribution < -0.4 is 21.1 Å². The van der Waals surface area contributed by atoms with E-state index in [9.17, 15) is 4.79 Å². The minimum absolute atomic E-state index is 0. The smallest absolute Gasteiger partial charge is 0.255 e. The number of hydrogen-bond acceptors (Lipinski definition) is 6. The first-order valence-corrected chi connectivity index (χ1v) is 11.4. The van der Waals surface area contributed by atoms with Crippen molar-refractivity contribution < 1.29 is 14.3 Å². The summed E-state index contributed by atoms with van der Waals surface area (Å²) in [6.45, 7) is 7.32. The molecule has 0 bridgehead atoms. The fraction of sp³-hybridized carbons (Fsp3) is 0.455. The van der Waals surface area contributed by atoms with Crippen molar-refractivity contribution in [2.45, 2.75) is 19.5 Å². The monoisotopic (exact) mass is 573 g/mol. The van der Waals surface area contributed by atoms with E-state index >= 15 is 0 Å². The molecule has 2 heterocycles. The van der Waals surface area contributed by atoms with Crippen LogP contribution in [-0.4, -0.2) is 62.8 Å². The van der Waals surface area contributed by atoms with Gasteiger partial charge in [-0.15, -0.1) is 35.3 Å². The Morgan fingerprint density at radius 1 is 1.28 bits per heavy atom. The summed E-state index contributed by atoms with van der Waals surface area (Å²) >= 11 is 1.78. The topological polar surface area (TPSA) is 101 Å². The number of rotatable bonds is 10. The van der Waals surface area contributed by atoms with Crippen molar-refractivity contribution >= 4 is 47.2 Å². The van der Waals surface area contributed by atoms with Crippen LogP contribution in [0.2, 0.25) is 0 Å². The summed E-state index contributed by atoms with van der Waals surface area (Å²) in [5, 5.41) is 8.94. The van der Waals surface area contributed by atoms with Crippen LogP contribution in [-0.2, 0) is 16.1 Å². The number of aliphatic imine (C=N–C) groups is 1. The van der Waals surface area contributed by atoms with E-state index in [2.05, 4.69) is 33.0 Å². The minimum Gasteiger partial charge on any atom is -0.484 e. The molecular weight excluding hydrogens is 541 g/mol. The summed E-state index contributed by atoms with van der Waals surface area (Å²) in [5.74, 6) is 0.873. The lowest BCUT2D eigenvalue weighted by molar-refractivity contribution is -0.119. The fourth-order valence-electron chi connectivity index (χ4n) is 3.37. The molecule has 0 radical (unpaired) electrons. The van der Waals surface area contributed by atoms with E-state index in [1.807, 2.05) is 25.1 Å². The Bertz CT molecular complexity index is 844. The summed E-state index contributed by atoms with van der Waals surface area (Å²) in [7, 11) is 0. The highest BCUT2D eigenvalue weighted by Crippen LogP contribution is 2.25. The van der Waals surface area contributed by atoms with Crippen LogP contribution in [0, 0.1) is 0 Å². The molecule has 1 unspecified atom stereocenters. The molecule has 4 N–H and O–H groups in total. The second-order valence-electron chi connectivity index (χ2n) is 7.16. The van der Waals surface area contributed by atoms with Gasteiger partial charge in [0.25, 0.3) is 5.91 Å². The fourth-order valence-corrected chi connectivity index (χ4v) is 4.23. The molecule has 1 aliphatic rings. The zero-order valence-electron chi connectivity index (χ0n) is 18.3. The summed E-state index contributed by atoms with van der Waals surface area (Å²) < 4.78 is 10.9. The Labute approximate surface area is 210 Å². The Kier molecular flexibility index (Phi) is 11.8. The zero-order valence-corrected chi connectivity index (χ0v) is 21.4. The third-order valence-electron chi connectivity index (χ3n) is 4.86. The third-order valence-corrected chi connectivity index (χ3v) is 5.84. The van der Waals surface area contributed by atoms with E-state index < -0.39 is 5.91 Å². The molecule has 8 nitrogen and oxygen atoms in total. The zero-order chi connectivity index (χ0) is 21.9. The molecule has 1 atom stereocenters. The molecule has 32 heavy (non-hydrogen) atoms. The van der Waals surface area contributed by atoms with Gasteiger partial charge in [-0.3, -0.25) is 9.69 Å². The molecule has 2 aromatic rings. The van der Waals surface area contributed by atoms with E-state index in [4.69, 9.17) is 20.2 Å². The van der Waals surface area contributed by atoms with Crippen molar-refractivity contribution in [3.63, 3.8) is 0 Å². The predicted octanol–water partition coefficient (Wildman–Crippen LogP) is 2.36. The lowest BCUT2D eigenvalue weighted by Gasteiger charge is -2.34. The molecule has 1 saturated heterocycles. The second-order valence-corrected chi connectivity index (χ2v) is 8.14. The highest BCUT2D eigenvalue weighted by Gasteiger charge is 2.23. The molecule has 1 aromatic carbocycles. The average molecular weight is 574 g/mol. The maximum atomic E-state index is 10.9. The van der Waals surface area contributed by atoms with Crippen LogP contribution in [0.4, 0.5) is 0 Å². The first-order valence-electron chi connectivity index (χ1n) is 10.5.